The number of carbonyl (C=O) groups excluding carboxylic acids is 1. The monoisotopic (exact) mass is 278 g/mol. The molecule has 1 aliphatic heterocycles. The molecule has 0 radical (unpaired) electrons. The molecule has 114 valence electrons. The Hall–Kier alpha value is -0.370. The molecule has 0 N–H and O–H groups in total. The van der Waals surface area contributed by atoms with Crippen LogP contribution in [-0.2, 0) is 9.53 Å². The number of rotatable bonds is 3. The van der Waals surface area contributed by atoms with E-state index < -0.39 is 0 Å². The summed E-state index contributed by atoms with van der Waals surface area (Å²) in [5, 5.41) is 0. The first kappa shape index (κ1) is 14.6. The van der Waals surface area contributed by atoms with Gasteiger partial charge in [0, 0.05) is 12.3 Å². The van der Waals surface area contributed by atoms with Gasteiger partial charge in [-0.2, -0.15) is 0 Å². The van der Waals surface area contributed by atoms with E-state index in [1.54, 1.807) is 0 Å². The first-order valence-electron chi connectivity index (χ1n) is 8.78. The van der Waals surface area contributed by atoms with Gasteiger partial charge < -0.3 is 4.74 Å². The molecule has 1 heterocycles. The Bertz CT molecular complexity index is 354. The highest BCUT2D eigenvalue weighted by Crippen LogP contribution is 2.45. The molecule has 20 heavy (non-hydrogen) atoms. The van der Waals surface area contributed by atoms with Gasteiger partial charge in [-0.1, -0.05) is 26.7 Å². The lowest BCUT2D eigenvalue weighted by atomic mass is 9.73. The molecule has 3 atom stereocenters. The van der Waals surface area contributed by atoms with E-state index in [0.717, 1.165) is 37.5 Å². The Morgan fingerprint density at radius 3 is 2.65 bits per heavy atom. The summed E-state index contributed by atoms with van der Waals surface area (Å²) in [5.41, 5.74) is 0.222. The first-order chi connectivity index (χ1) is 9.58. The highest BCUT2D eigenvalue weighted by Gasteiger charge is 2.43. The quantitative estimate of drug-likeness (QED) is 0.759. The predicted molar refractivity (Wildman–Crippen MR) is 80.6 cm³/mol. The third-order valence-electron chi connectivity index (χ3n) is 6.15. The maximum atomic E-state index is 12.2. The zero-order valence-corrected chi connectivity index (χ0v) is 13.2. The highest BCUT2D eigenvalue weighted by molar-refractivity contribution is 5.81. The normalized spacial score (nSPS) is 37.1. The molecule has 2 nitrogen and oxygen atoms in total. The van der Waals surface area contributed by atoms with Crippen molar-refractivity contribution in [3.8, 4) is 0 Å². The molecule has 2 heteroatoms. The largest absolute Gasteiger partial charge is 0.372 e. The van der Waals surface area contributed by atoms with Gasteiger partial charge in [0.05, 0.1) is 11.7 Å². The zero-order chi connectivity index (χ0) is 14.2. The summed E-state index contributed by atoms with van der Waals surface area (Å²) in [5.74, 6) is 2.27. The summed E-state index contributed by atoms with van der Waals surface area (Å²) in [6.45, 7) is 4.61. The number of ether oxygens (including phenoxy) is 1. The van der Waals surface area contributed by atoms with E-state index in [-0.39, 0.29) is 11.5 Å². The lowest BCUT2D eigenvalue weighted by molar-refractivity contribution is -0.128. The molecular weight excluding hydrogens is 248 g/mol. The Balaban J connectivity index is 1.55. The van der Waals surface area contributed by atoms with Gasteiger partial charge in [0.2, 0.25) is 0 Å². The fourth-order valence-corrected chi connectivity index (χ4v) is 4.75. The summed E-state index contributed by atoms with van der Waals surface area (Å²) in [7, 11) is 0. The van der Waals surface area contributed by atoms with Crippen molar-refractivity contribution in [1.82, 2.24) is 0 Å². The number of hydrogen-bond donors (Lipinski definition) is 0. The molecule has 0 bridgehead atoms. The van der Waals surface area contributed by atoms with Crippen LogP contribution in [0.1, 0.15) is 78.1 Å². The van der Waals surface area contributed by atoms with Gasteiger partial charge in [0.1, 0.15) is 5.78 Å². The Morgan fingerprint density at radius 1 is 1.20 bits per heavy atom. The van der Waals surface area contributed by atoms with Crippen molar-refractivity contribution in [2.24, 2.45) is 17.8 Å². The number of hydrogen-bond acceptors (Lipinski definition) is 2. The van der Waals surface area contributed by atoms with Gasteiger partial charge in [0.15, 0.2) is 0 Å². The number of carbonyl (C=O) groups is 1. The van der Waals surface area contributed by atoms with Crippen LogP contribution in [0.3, 0.4) is 0 Å². The lowest BCUT2D eigenvalue weighted by Gasteiger charge is -2.32. The van der Waals surface area contributed by atoms with Crippen LogP contribution < -0.4 is 0 Å². The molecule has 0 aromatic carbocycles. The fourth-order valence-electron chi connectivity index (χ4n) is 4.75. The maximum Gasteiger partial charge on any atom is 0.136 e. The highest BCUT2D eigenvalue weighted by atomic mass is 16.5. The Morgan fingerprint density at radius 2 is 1.95 bits per heavy atom. The second-order valence-corrected chi connectivity index (χ2v) is 7.85. The van der Waals surface area contributed by atoms with Crippen LogP contribution in [-0.4, -0.2) is 17.5 Å². The van der Waals surface area contributed by atoms with Gasteiger partial charge in [-0.25, -0.2) is 0 Å². The van der Waals surface area contributed by atoms with Gasteiger partial charge in [0.25, 0.3) is 0 Å². The molecule has 1 saturated heterocycles. The molecule has 2 saturated carbocycles. The second-order valence-electron chi connectivity index (χ2n) is 7.85. The average Bonchev–Trinajstić information content (AvgIpc) is 3.03. The van der Waals surface area contributed by atoms with Gasteiger partial charge >= 0.3 is 0 Å². The predicted octanol–water partition coefficient (Wildman–Crippen LogP) is 4.51. The molecule has 3 unspecified atom stereocenters. The maximum absolute atomic E-state index is 12.2. The minimum absolute atomic E-state index is 0.222. The molecule has 2 aliphatic carbocycles. The van der Waals surface area contributed by atoms with Crippen molar-refractivity contribution in [1.29, 1.82) is 0 Å². The van der Waals surface area contributed by atoms with E-state index in [4.69, 9.17) is 4.74 Å². The van der Waals surface area contributed by atoms with E-state index >= 15 is 0 Å². The summed E-state index contributed by atoms with van der Waals surface area (Å²) in [6.07, 6.45) is 12.0. The second kappa shape index (κ2) is 5.79. The van der Waals surface area contributed by atoms with E-state index in [9.17, 15) is 4.79 Å². The van der Waals surface area contributed by atoms with Crippen LogP contribution in [0.25, 0.3) is 0 Å². The molecule has 0 amide bonds. The standard InChI is InChI=1S/C18H30O2/c1-13(2)14-5-6-17(19)15(11-14)12-16-7-10-18(20-16)8-3-4-9-18/h13-16H,3-12H2,1-2H3. The molecule has 1 spiro atoms. The average molecular weight is 278 g/mol. The SMILES string of the molecule is CC(C)C1CCC(=O)C(CC2CCC3(CCCC3)O2)C1. The molecular formula is C18H30O2. The van der Waals surface area contributed by atoms with Crippen molar-refractivity contribution >= 4 is 5.78 Å². The van der Waals surface area contributed by atoms with E-state index in [1.807, 2.05) is 0 Å². The first-order valence-corrected chi connectivity index (χ1v) is 8.78. The molecule has 3 fully saturated rings. The van der Waals surface area contributed by atoms with Crippen molar-refractivity contribution in [3.05, 3.63) is 0 Å². The van der Waals surface area contributed by atoms with Gasteiger partial charge in [-0.3, -0.25) is 4.79 Å². The van der Waals surface area contributed by atoms with Crippen molar-refractivity contribution in [3.63, 3.8) is 0 Å². The topological polar surface area (TPSA) is 26.3 Å². The third-order valence-corrected chi connectivity index (χ3v) is 6.15. The van der Waals surface area contributed by atoms with Crippen molar-refractivity contribution in [2.75, 3.05) is 0 Å². The minimum Gasteiger partial charge on any atom is -0.372 e. The van der Waals surface area contributed by atoms with Gasteiger partial charge in [-0.15, -0.1) is 0 Å². The number of ketones is 1. The Kier molecular flexibility index (Phi) is 4.21. The fraction of sp³-hybridized carbons (Fsp3) is 0.944. The van der Waals surface area contributed by atoms with Crippen LogP contribution in [0, 0.1) is 17.8 Å². The third kappa shape index (κ3) is 2.95. The summed E-state index contributed by atoms with van der Waals surface area (Å²) in [4.78, 5) is 12.2. The lowest BCUT2D eigenvalue weighted by Crippen LogP contribution is -2.31. The van der Waals surface area contributed by atoms with Crippen molar-refractivity contribution < 1.29 is 9.53 Å². The number of Topliss-reactive ketones (excluding diaryl/α,β-unsaturated/α-hetero) is 1. The van der Waals surface area contributed by atoms with E-state index in [0.29, 0.717) is 11.9 Å². The molecule has 3 rings (SSSR count). The van der Waals surface area contributed by atoms with Crippen LogP contribution >= 0.6 is 0 Å². The van der Waals surface area contributed by atoms with E-state index in [1.165, 1.54) is 38.5 Å². The van der Waals surface area contributed by atoms with E-state index in [2.05, 4.69) is 13.8 Å². The molecule has 0 aromatic heterocycles. The van der Waals surface area contributed by atoms with Crippen molar-refractivity contribution in [2.45, 2.75) is 89.8 Å². The minimum atomic E-state index is 0.222. The smallest absolute Gasteiger partial charge is 0.136 e. The van der Waals surface area contributed by atoms with Gasteiger partial charge in [-0.05, 0) is 56.8 Å². The molecule has 3 aliphatic rings. The Labute approximate surface area is 123 Å². The van der Waals surface area contributed by atoms with Crippen LogP contribution in [0.2, 0.25) is 0 Å². The summed E-state index contributed by atoms with van der Waals surface area (Å²) < 4.78 is 6.40. The van der Waals surface area contributed by atoms with Crippen LogP contribution in [0.5, 0.6) is 0 Å². The van der Waals surface area contributed by atoms with Crippen LogP contribution in [0.4, 0.5) is 0 Å². The van der Waals surface area contributed by atoms with Crippen LogP contribution in [0.15, 0.2) is 0 Å². The zero-order valence-electron chi connectivity index (χ0n) is 13.2. The summed E-state index contributed by atoms with van der Waals surface area (Å²) in [6, 6.07) is 0. The molecule has 0 aromatic rings. The summed E-state index contributed by atoms with van der Waals surface area (Å²) >= 11 is 0.